The van der Waals surface area contributed by atoms with Crippen LogP contribution >= 0.6 is 0 Å². The van der Waals surface area contributed by atoms with Gasteiger partial charge in [0.1, 0.15) is 0 Å². The number of nitrogens with zero attached hydrogens (tertiary/aromatic N) is 1. The van der Waals surface area contributed by atoms with Crippen LogP contribution < -0.4 is 0 Å². The molecule has 0 heterocycles. The summed E-state index contributed by atoms with van der Waals surface area (Å²) < 4.78 is 4.95. The molecule has 0 spiro atoms. The van der Waals surface area contributed by atoms with Gasteiger partial charge in [-0.3, -0.25) is 4.79 Å². The van der Waals surface area contributed by atoms with Crippen molar-refractivity contribution in [3.05, 3.63) is 0 Å². The van der Waals surface area contributed by atoms with Gasteiger partial charge in [0.2, 0.25) is 5.91 Å². The molecule has 14 heavy (non-hydrogen) atoms. The molecule has 0 saturated carbocycles. The van der Waals surface area contributed by atoms with Crippen LogP contribution in [0.3, 0.4) is 0 Å². The highest BCUT2D eigenvalue weighted by atomic mass is 16.5. The summed E-state index contributed by atoms with van der Waals surface area (Å²) in [5, 5.41) is 0. The van der Waals surface area contributed by atoms with Gasteiger partial charge in [0.15, 0.2) is 0 Å². The molecule has 0 aromatic carbocycles. The average Bonchev–Trinajstić information content (AvgIpc) is 2.09. The molecular formula is C11H23NO2. The molecule has 0 N–H and O–H groups in total. The van der Waals surface area contributed by atoms with Crippen LogP contribution in [0.1, 0.15) is 33.6 Å². The fourth-order valence-corrected chi connectivity index (χ4v) is 1.27. The molecule has 3 heteroatoms. The van der Waals surface area contributed by atoms with Crippen LogP contribution in [0.4, 0.5) is 0 Å². The quantitative estimate of drug-likeness (QED) is 0.636. The number of hydrogen-bond acceptors (Lipinski definition) is 2. The van der Waals surface area contributed by atoms with Gasteiger partial charge >= 0.3 is 0 Å². The highest BCUT2D eigenvalue weighted by Gasteiger charge is 2.24. The van der Waals surface area contributed by atoms with Crippen molar-refractivity contribution in [3.63, 3.8) is 0 Å². The summed E-state index contributed by atoms with van der Waals surface area (Å²) in [5.74, 6) is 0.204. The number of unbranched alkanes of at least 4 members (excludes halogenated alkanes) is 1. The van der Waals surface area contributed by atoms with Gasteiger partial charge in [0, 0.05) is 32.7 Å². The van der Waals surface area contributed by atoms with E-state index in [2.05, 4.69) is 0 Å². The number of hydrogen-bond donors (Lipinski definition) is 0. The highest BCUT2D eigenvalue weighted by molar-refractivity contribution is 5.81. The van der Waals surface area contributed by atoms with E-state index < -0.39 is 0 Å². The summed E-state index contributed by atoms with van der Waals surface area (Å²) in [5.41, 5.74) is -0.268. The van der Waals surface area contributed by atoms with Gasteiger partial charge in [-0.25, -0.2) is 0 Å². The SMILES string of the molecule is COCCCCN(C)C(=O)C(C)(C)C. The molecule has 0 aliphatic carbocycles. The smallest absolute Gasteiger partial charge is 0.227 e. The standard InChI is InChI=1S/C11H23NO2/c1-11(2,3)10(13)12(4)8-6-7-9-14-5/h6-9H2,1-5H3. The van der Waals surface area contributed by atoms with Crippen molar-refractivity contribution >= 4 is 5.91 Å². The lowest BCUT2D eigenvalue weighted by Gasteiger charge is -2.25. The summed E-state index contributed by atoms with van der Waals surface area (Å²) in [6.07, 6.45) is 2.02. The minimum Gasteiger partial charge on any atom is -0.385 e. The van der Waals surface area contributed by atoms with Crippen molar-refractivity contribution in [2.24, 2.45) is 5.41 Å². The van der Waals surface area contributed by atoms with Crippen LogP contribution in [0.15, 0.2) is 0 Å². The molecular weight excluding hydrogens is 178 g/mol. The predicted octanol–water partition coefficient (Wildman–Crippen LogP) is 1.92. The van der Waals surface area contributed by atoms with Crippen LogP contribution in [0.25, 0.3) is 0 Å². The fraction of sp³-hybridized carbons (Fsp3) is 0.909. The molecule has 0 aliphatic rings. The second kappa shape index (κ2) is 6.02. The van der Waals surface area contributed by atoms with Crippen molar-refractivity contribution in [2.45, 2.75) is 33.6 Å². The molecule has 1 amide bonds. The van der Waals surface area contributed by atoms with E-state index in [0.29, 0.717) is 0 Å². The molecule has 0 radical (unpaired) electrons. The Morgan fingerprint density at radius 1 is 1.29 bits per heavy atom. The highest BCUT2D eigenvalue weighted by Crippen LogP contribution is 2.16. The molecule has 0 aliphatic heterocycles. The number of carbonyl (C=O) groups is 1. The summed E-state index contributed by atoms with van der Waals surface area (Å²) >= 11 is 0. The number of amides is 1. The zero-order valence-corrected chi connectivity index (χ0v) is 10.1. The van der Waals surface area contributed by atoms with Gasteiger partial charge in [-0.15, -0.1) is 0 Å². The Morgan fingerprint density at radius 3 is 2.29 bits per heavy atom. The zero-order valence-electron chi connectivity index (χ0n) is 10.1. The van der Waals surface area contributed by atoms with Gasteiger partial charge < -0.3 is 9.64 Å². The summed E-state index contributed by atoms with van der Waals surface area (Å²) in [6.45, 7) is 7.43. The van der Waals surface area contributed by atoms with E-state index in [9.17, 15) is 4.79 Å². The second-order valence-electron chi connectivity index (χ2n) is 4.68. The molecule has 0 aromatic rings. The van der Waals surface area contributed by atoms with Crippen LogP contribution in [0.2, 0.25) is 0 Å². The van der Waals surface area contributed by atoms with Gasteiger partial charge in [-0.2, -0.15) is 0 Å². The minimum atomic E-state index is -0.268. The predicted molar refractivity (Wildman–Crippen MR) is 58.2 cm³/mol. The Bertz CT molecular complexity index is 173. The van der Waals surface area contributed by atoms with E-state index >= 15 is 0 Å². The lowest BCUT2D eigenvalue weighted by molar-refractivity contribution is -0.138. The maximum absolute atomic E-state index is 11.7. The van der Waals surface area contributed by atoms with Crippen molar-refractivity contribution in [1.82, 2.24) is 4.90 Å². The summed E-state index contributed by atoms with van der Waals surface area (Å²) in [6, 6.07) is 0. The Kier molecular flexibility index (Phi) is 5.77. The van der Waals surface area contributed by atoms with Gasteiger partial charge in [0.25, 0.3) is 0 Å². The van der Waals surface area contributed by atoms with E-state index in [-0.39, 0.29) is 11.3 Å². The maximum Gasteiger partial charge on any atom is 0.227 e. The van der Waals surface area contributed by atoms with Crippen molar-refractivity contribution in [1.29, 1.82) is 0 Å². The first kappa shape index (κ1) is 13.4. The number of rotatable bonds is 5. The van der Waals surface area contributed by atoms with Crippen molar-refractivity contribution in [2.75, 3.05) is 27.3 Å². The molecule has 0 fully saturated rings. The van der Waals surface area contributed by atoms with Crippen LogP contribution in [-0.2, 0) is 9.53 Å². The van der Waals surface area contributed by atoms with Crippen LogP contribution in [0.5, 0.6) is 0 Å². The third-order valence-corrected chi connectivity index (χ3v) is 2.08. The van der Waals surface area contributed by atoms with Crippen LogP contribution in [-0.4, -0.2) is 38.1 Å². The third-order valence-electron chi connectivity index (χ3n) is 2.08. The van der Waals surface area contributed by atoms with E-state index in [1.807, 2.05) is 27.8 Å². The second-order valence-corrected chi connectivity index (χ2v) is 4.68. The Labute approximate surface area is 87.4 Å². The summed E-state index contributed by atoms with van der Waals surface area (Å²) in [4.78, 5) is 13.5. The first-order chi connectivity index (χ1) is 6.39. The van der Waals surface area contributed by atoms with Crippen molar-refractivity contribution < 1.29 is 9.53 Å². The molecule has 0 unspecified atom stereocenters. The third kappa shape index (κ3) is 5.22. The Balaban J connectivity index is 3.74. The van der Waals surface area contributed by atoms with E-state index in [1.54, 1.807) is 12.0 Å². The molecule has 0 saturated heterocycles. The number of carbonyl (C=O) groups excluding carboxylic acids is 1. The lowest BCUT2D eigenvalue weighted by Crippen LogP contribution is -2.37. The molecule has 0 bridgehead atoms. The molecule has 0 rings (SSSR count). The largest absolute Gasteiger partial charge is 0.385 e. The van der Waals surface area contributed by atoms with Crippen LogP contribution in [0, 0.1) is 5.41 Å². The number of ether oxygens (including phenoxy) is 1. The topological polar surface area (TPSA) is 29.5 Å². The summed E-state index contributed by atoms with van der Waals surface area (Å²) in [7, 11) is 3.56. The Morgan fingerprint density at radius 2 is 1.86 bits per heavy atom. The van der Waals surface area contributed by atoms with E-state index in [0.717, 1.165) is 26.0 Å². The first-order valence-corrected chi connectivity index (χ1v) is 5.14. The molecule has 3 nitrogen and oxygen atoms in total. The van der Waals surface area contributed by atoms with Gasteiger partial charge in [-0.1, -0.05) is 20.8 Å². The zero-order chi connectivity index (χ0) is 11.2. The first-order valence-electron chi connectivity index (χ1n) is 5.14. The maximum atomic E-state index is 11.7. The van der Waals surface area contributed by atoms with Gasteiger partial charge in [-0.05, 0) is 12.8 Å². The Hall–Kier alpha value is -0.570. The van der Waals surface area contributed by atoms with Gasteiger partial charge in [0.05, 0.1) is 0 Å². The average molecular weight is 201 g/mol. The number of methoxy groups -OCH3 is 1. The monoisotopic (exact) mass is 201 g/mol. The molecule has 0 atom stereocenters. The normalized spacial score (nSPS) is 11.5. The fourth-order valence-electron chi connectivity index (χ4n) is 1.27. The van der Waals surface area contributed by atoms with E-state index in [4.69, 9.17) is 4.74 Å². The molecule has 0 aromatic heterocycles. The minimum absolute atomic E-state index is 0.204. The van der Waals surface area contributed by atoms with Crippen molar-refractivity contribution in [3.8, 4) is 0 Å². The lowest BCUT2D eigenvalue weighted by atomic mass is 9.95. The molecule has 84 valence electrons. The van der Waals surface area contributed by atoms with E-state index in [1.165, 1.54) is 0 Å².